The monoisotopic (exact) mass is 315 g/mol. The molecule has 6 atom stereocenters. The van der Waals surface area contributed by atoms with Crippen molar-refractivity contribution in [2.75, 3.05) is 6.61 Å². The molecule has 2 rings (SSSR count). The molecule has 21 heavy (non-hydrogen) atoms. The average molecular weight is 315 g/mol. The Morgan fingerprint density at radius 3 is 2.95 bits per heavy atom. The van der Waals surface area contributed by atoms with E-state index in [9.17, 15) is 14.7 Å². The molecule has 0 aliphatic carbocycles. The SMILES string of the molecule is CC1=CC(C(C)C2CC(O)C(COP)O2)CC(=O)NC1=O. The smallest absolute Gasteiger partial charge is 0.253 e. The number of allylic oxidation sites excluding steroid dienone is 1. The van der Waals surface area contributed by atoms with Crippen molar-refractivity contribution in [1.29, 1.82) is 0 Å². The second-order valence-corrected chi connectivity index (χ2v) is 6.14. The fraction of sp³-hybridized carbons (Fsp3) is 0.714. The van der Waals surface area contributed by atoms with Crippen LogP contribution in [0.25, 0.3) is 0 Å². The summed E-state index contributed by atoms with van der Waals surface area (Å²) in [6, 6.07) is 0. The summed E-state index contributed by atoms with van der Waals surface area (Å²) in [6.07, 6.45) is 1.54. The fourth-order valence-corrected chi connectivity index (χ4v) is 3.09. The van der Waals surface area contributed by atoms with Crippen LogP contribution in [-0.4, -0.2) is 41.8 Å². The summed E-state index contributed by atoms with van der Waals surface area (Å²) in [6.45, 7) is 4.00. The van der Waals surface area contributed by atoms with Crippen LogP contribution in [0.2, 0.25) is 0 Å². The summed E-state index contributed by atoms with van der Waals surface area (Å²) in [4.78, 5) is 23.3. The second kappa shape index (κ2) is 6.97. The van der Waals surface area contributed by atoms with E-state index in [0.717, 1.165) is 0 Å². The molecule has 7 heteroatoms. The number of rotatable bonds is 4. The number of hydrogen-bond acceptors (Lipinski definition) is 5. The molecule has 2 amide bonds. The third-order valence-electron chi connectivity index (χ3n) is 4.27. The normalized spacial score (nSPS) is 35.1. The minimum atomic E-state index is -0.565. The minimum Gasteiger partial charge on any atom is -0.390 e. The highest BCUT2D eigenvalue weighted by Crippen LogP contribution is 2.33. The van der Waals surface area contributed by atoms with Gasteiger partial charge in [-0.2, -0.15) is 0 Å². The minimum absolute atomic E-state index is 0.0285. The van der Waals surface area contributed by atoms with Gasteiger partial charge in [0.1, 0.15) is 6.10 Å². The molecule has 2 N–H and O–H groups in total. The van der Waals surface area contributed by atoms with Crippen LogP contribution in [0.1, 0.15) is 26.7 Å². The number of aliphatic hydroxyl groups is 1. The number of ether oxygens (including phenoxy) is 1. The lowest BCUT2D eigenvalue weighted by molar-refractivity contribution is -0.128. The van der Waals surface area contributed by atoms with Gasteiger partial charge < -0.3 is 14.4 Å². The molecule has 2 aliphatic rings. The van der Waals surface area contributed by atoms with Gasteiger partial charge in [-0.05, 0) is 18.8 Å². The molecular formula is C14H22NO5P. The van der Waals surface area contributed by atoms with Crippen molar-refractivity contribution in [2.45, 2.75) is 45.0 Å². The lowest BCUT2D eigenvalue weighted by atomic mass is 9.84. The largest absolute Gasteiger partial charge is 0.390 e. The first-order valence-electron chi connectivity index (χ1n) is 7.10. The second-order valence-electron chi connectivity index (χ2n) is 5.80. The van der Waals surface area contributed by atoms with Gasteiger partial charge in [0.25, 0.3) is 5.91 Å². The van der Waals surface area contributed by atoms with Gasteiger partial charge in [-0.15, -0.1) is 0 Å². The Bertz CT molecular complexity index is 453. The van der Waals surface area contributed by atoms with Crippen molar-refractivity contribution in [3.8, 4) is 0 Å². The number of aliphatic hydroxyl groups excluding tert-OH is 1. The summed E-state index contributed by atoms with van der Waals surface area (Å²) < 4.78 is 10.8. The Balaban J connectivity index is 2.07. The molecule has 0 bridgehead atoms. The molecule has 0 radical (unpaired) electrons. The van der Waals surface area contributed by atoms with Crippen LogP contribution in [0.3, 0.4) is 0 Å². The summed E-state index contributed by atoms with van der Waals surface area (Å²) >= 11 is 0. The first-order chi connectivity index (χ1) is 9.92. The summed E-state index contributed by atoms with van der Waals surface area (Å²) in [5.74, 6) is -0.658. The molecular weight excluding hydrogens is 293 g/mol. The third-order valence-corrected chi connectivity index (χ3v) is 4.46. The Morgan fingerprint density at radius 2 is 2.29 bits per heavy atom. The van der Waals surface area contributed by atoms with Gasteiger partial charge in [0.05, 0.1) is 18.8 Å². The van der Waals surface area contributed by atoms with E-state index in [1.54, 1.807) is 6.92 Å². The molecule has 118 valence electrons. The number of hydrogen-bond donors (Lipinski definition) is 2. The molecule has 0 spiro atoms. The summed E-state index contributed by atoms with van der Waals surface area (Å²) in [7, 11) is 2.14. The average Bonchev–Trinajstić information content (AvgIpc) is 2.72. The molecule has 2 heterocycles. The maximum atomic E-state index is 11.7. The summed E-state index contributed by atoms with van der Waals surface area (Å²) in [5, 5.41) is 12.3. The molecule has 6 unspecified atom stereocenters. The predicted molar refractivity (Wildman–Crippen MR) is 79.1 cm³/mol. The Labute approximate surface area is 126 Å². The first kappa shape index (κ1) is 16.6. The van der Waals surface area contributed by atoms with Crippen molar-refractivity contribution in [3.63, 3.8) is 0 Å². The molecule has 0 aromatic rings. The van der Waals surface area contributed by atoms with Crippen LogP contribution >= 0.6 is 9.47 Å². The van der Waals surface area contributed by atoms with Crippen molar-refractivity contribution in [3.05, 3.63) is 11.6 Å². The maximum Gasteiger partial charge on any atom is 0.253 e. The Morgan fingerprint density at radius 1 is 1.57 bits per heavy atom. The van der Waals surface area contributed by atoms with Crippen LogP contribution in [-0.2, 0) is 18.8 Å². The molecule has 0 aromatic heterocycles. The number of nitrogens with one attached hydrogen (secondary N) is 1. The van der Waals surface area contributed by atoms with E-state index in [-0.39, 0.29) is 42.3 Å². The number of carbonyl (C=O) groups excluding carboxylic acids is 2. The highest BCUT2D eigenvalue weighted by atomic mass is 31.0. The maximum absolute atomic E-state index is 11.7. The lowest BCUT2D eigenvalue weighted by Crippen LogP contribution is -2.31. The fourth-order valence-electron chi connectivity index (χ4n) is 2.90. The van der Waals surface area contributed by atoms with E-state index in [4.69, 9.17) is 9.26 Å². The molecule has 6 nitrogen and oxygen atoms in total. The number of amides is 2. The zero-order valence-corrected chi connectivity index (χ0v) is 13.4. The molecule has 0 saturated carbocycles. The zero-order chi connectivity index (χ0) is 15.6. The van der Waals surface area contributed by atoms with Crippen LogP contribution < -0.4 is 5.32 Å². The van der Waals surface area contributed by atoms with Crippen LogP contribution in [0, 0.1) is 11.8 Å². The third kappa shape index (κ3) is 3.89. The van der Waals surface area contributed by atoms with E-state index in [0.29, 0.717) is 18.6 Å². The molecule has 1 saturated heterocycles. The quantitative estimate of drug-likeness (QED) is 0.585. The lowest BCUT2D eigenvalue weighted by Gasteiger charge is -2.25. The zero-order valence-electron chi connectivity index (χ0n) is 12.2. The highest BCUT2D eigenvalue weighted by Gasteiger charge is 2.39. The van der Waals surface area contributed by atoms with Gasteiger partial charge in [-0.25, -0.2) is 0 Å². The van der Waals surface area contributed by atoms with E-state index in [2.05, 4.69) is 14.8 Å². The van der Waals surface area contributed by atoms with E-state index in [1.165, 1.54) is 0 Å². The molecule has 2 aliphatic heterocycles. The first-order valence-corrected chi connectivity index (χ1v) is 7.57. The summed E-state index contributed by atoms with van der Waals surface area (Å²) in [5.41, 5.74) is 0.543. The van der Waals surface area contributed by atoms with E-state index < -0.39 is 6.10 Å². The number of carbonyl (C=O) groups is 2. The van der Waals surface area contributed by atoms with Gasteiger partial charge in [-0.1, -0.05) is 13.0 Å². The Kier molecular flexibility index (Phi) is 5.49. The standard InChI is InChI=1S/C14H22NO5P/c1-7-3-9(4-13(17)15-14(7)18)8(2)11-5-10(16)12(20-11)6-19-21/h3,8-12,16H,4-6,21H2,1-2H3,(H,15,17,18). The van der Waals surface area contributed by atoms with Crippen LogP contribution in [0.15, 0.2) is 11.6 Å². The van der Waals surface area contributed by atoms with Gasteiger partial charge in [0.2, 0.25) is 5.91 Å². The van der Waals surface area contributed by atoms with Crippen molar-refractivity contribution >= 4 is 21.3 Å². The van der Waals surface area contributed by atoms with Crippen molar-refractivity contribution < 1.29 is 24.0 Å². The van der Waals surface area contributed by atoms with E-state index in [1.807, 2.05) is 13.0 Å². The van der Waals surface area contributed by atoms with Gasteiger partial charge in [-0.3, -0.25) is 14.9 Å². The van der Waals surface area contributed by atoms with Gasteiger partial charge in [0, 0.05) is 27.9 Å². The van der Waals surface area contributed by atoms with Crippen LogP contribution in [0.4, 0.5) is 0 Å². The topological polar surface area (TPSA) is 84.9 Å². The van der Waals surface area contributed by atoms with Crippen LogP contribution in [0.5, 0.6) is 0 Å². The number of imide groups is 1. The van der Waals surface area contributed by atoms with Crippen molar-refractivity contribution in [1.82, 2.24) is 5.32 Å². The molecule has 1 fully saturated rings. The molecule has 0 aromatic carbocycles. The predicted octanol–water partition coefficient (Wildman–Crippen LogP) is 0.557. The Hall–Kier alpha value is -0.810. The van der Waals surface area contributed by atoms with Gasteiger partial charge in [0.15, 0.2) is 0 Å². The van der Waals surface area contributed by atoms with E-state index >= 15 is 0 Å². The van der Waals surface area contributed by atoms with Gasteiger partial charge >= 0.3 is 0 Å². The van der Waals surface area contributed by atoms with Crippen molar-refractivity contribution in [2.24, 2.45) is 11.8 Å². The highest BCUT2D eigenvalue weighted by molar-refractivity contribution is 7.09.